The fraction of sp³-hybridized carbons (Fsp3) is 0.588. The van der Waals surface area contributed by atoms with Gasteiger partial charge in [-0.05, 0) is 43.5 Å². The Hall–Kier alpha value is -1.53. The van der Waals surface area contributed by atoms with Gasteiger partial charge in [-0.2, -0.15) is 5.26 Å². The van der Waals surface area contributed by atoms with Crippen molar-refractivity contribution >= 4 is 0 Å². The molecule has 3 nitrogen and oxygen atoms in total. The Morgan fingerprint density at radius 2 is 2.20 bits per heavy atom. The molecule has 0 bridgehead atoms. The number of ether oxygens (including phenoxy) is 1. The number of rotatable bonds is 4. The monoisotopic (exact) mass is 272 g/mol. The number of benzene rings is 1. The number of nitrogens with zero attached hydrogens (tertiary/aromatic N) is 2. The van der Waals surface area contributed by atoms with Gasteiger partial charge in [0, 0.05) is 12.6 Å². The standard InChI is InChI=1S/C17H24N2O/c1-13-5-4-6-16(9-13)19(2)12-14-7-8-17(20-3)15(10-14)11-18/h7-8,10,13,16H,4-6,9,12H2,1-3H3. The van der Waals surface area contributed by atoms with Crippen LogP contribution in [0.5, 0.6) is 5.75 Å². The van der Waals surface area contributed by atoms with Crippen molar-refractivity contribution in [3.05, 3.63) is 29.3 Å². The zero-order valence-corrected chi connectivity index (χ0v) is 12.7. The van der Waals surface area contributed by atoms with Gasteiger partial charge < -0.3 is 4.74 Å². The zero-order chi connectivity index (χ0) is 14.5. The molecule has 1 aliphatic rings. The fourth-order valence-electron chi connectivity index (χ4n) is 3.16. The summed E-state index contributed by atoms with van der Waals surface area (Å²) in [5.41, 5.74) is 1.80. The minimum Gasteiger partial charge on any atom is -0.495 e. The second-order valence-corrected chi connectivity index (χ2v) is 5.99. The molecule has 0 saturated heterocycles. The maximum atomic E-state index is 9.15. The molecular weight excluding hydrogens is 248 g/mol. The summed E-state index contributed by atoms with van der Waals surface area (Å²) in [6, 6.07) is 8.77. The third-order valence-electron chi connectivity index (χ3n) is 4.35. The van der Waals surface area contributed by atoms with E-state index >= 15 is 0 Å². The van der Waals surface area contributed by atoms with Gasteiger partial charge in [0.2, 0.25) is 0 Å². The van der Waals surface area contributed by atoms with Crippen LogP contribution in [0.4, 0.5) is 0 Å². The van der Waals surface area contributed by atoms with Crippen molar-refractivity contribution in [1.29, 1.82) is 5.26 Å². The maximum absolute atomic E-state index is 9.15. The van der Waals surface area contributed by atoms with E-state index in [1.165, 1.54) is 31.2 Å². The van der Waals surface area contributed by atoms with Crippen LogP contribution in [0.3, 0.4) is 0 Å². The molecule has 2 atom stereocenters. The van der Waals surface area contributed by atoms with E-state index in [0.717, 1.165) is 12.5 Å². The van der Waals surface area contributed by atoms with Crippen LogP contribution in [0.15, 0.2) is 18.2 Å². The summed E-state index contributed by atoms with van der Waals surface area (Å²) in [6.45, 7) is 3.25. The lowest BCUT2D eigenvalue weighted by Gasteiger charge is -2.34. The van der Waals surface area contributed by atoms with E-state index < -0.39 is 0 Å². The topological polar surface area (TPSA) is 36.3 Å². The van der Waals surface area contributed by atoms with Crippen LogP contribution in [0.1, 0.15) is 43.7 Å². The highest BCUT2D eigenvalue weighted by Crippen LogP contribution is 2.28. The Labute approximate surface area is 122 Å². The molecule has 1 aromatic carbocycles. The van der Waals surface area contributed by atoms with Crippen molar-refractivity contribution in [2.24, 2.45) is 5.92 Å². The summed E-state index contributed by atoms with van der Waals surface area (Å²) in [5.74, 6) is 1.49. The Balaban J connectivity index is 2.04. The molecule has 108 valence electrons. The average molecular weight is 272 g/mol. The second-order valence-electron chi connectivity index (χ2n) is 5.99. The summed E-state index contributed by atoms with van der Waals surface area (Å²) in [7, 11) is 3.80. The van der Waals surface area contributed by atoms with Crippen molar-refractivity contribution < 1.29 is 4.74 Å². The summed E-state index contributed by atoms with van der Waals surface area (Å²) in [5, 5.41) is 9.15. The van der Waals surface area contributed by atoms with Gasteiger partial charge in [-0.25, -0.2) is 0 Å². The van der Waals surface area contributed by atoms with Crippen LogP contribution < -0.4 is 4.74 Å². The predicted molar refractivity (Wildman–Crippen MR) is 80.6 cm³/mol. The molecule has 1 aliphatic carbocycles. The average Bonchev–Trinajstić information content (AvgIpc) is 2.47. The smallest absolute Gasteiger partial charge is 0.136 e. The molecule has 0 N–H and O–H groups in total. The number of nitriles is 1. The minimum atomic E-state index is 0.621. The fourth-order valence-corrected chi connectivity index (χ4v) is 3.16. The molecular formula is C17H24N2O. The van der Waals surface area contributed by atoms with E-state index in [2.05, 4.69) is 31.0 Å². The van der Waals surface area contributed by atoms with Crippen LogP contribution >= 0.6 is 0 Å². The molecule has 0 heterocycles. The molecule has 20 heavy (non-hydrogen) atoms. The normalized spacial score (nSPS) is 22.6. The third kappa shape index (κ3) is 3.52. The molecule has 0 amide bonds. The third-order valence-corrected chi connectivity index (χ3v) is 4.35. The molecule has 2 rings (SSSR count). The van der Waals surface area contributed by atoms with E-state index in [4.69, 9.17) is 10.00 Å². The highest BCUT2D eigenvalue weighted by molar-refractivity contribution is 5.45. The van der Waals surface area contributed by atoms with Crippen molar-refractivity contribution in [1.82, 2.24) is 4.90 Å². The first-order valence-corrected chi connectivity index (χ1v) is 7.41. The van der Waals surface area contributed by atoms with Crippen molar-refractivity contribution in [3.8, 4) is 11.8 Å². The van der Waals surface area contributed by atoms with E-state index in [1.54, 1.807) is 7.11 Å². The van der Waals surface area contributed by atoms with Crippen LogP contribution in [-0.4, -0.2) is 25.1 Å². The molecule has 1 fully saturated rings. The Morgan fingerprint density at radius 1 is 1.40 bits per heavy atom. The van der Waals surface area contributed by atoms with Crippen LogP contribution in [0.2, 0.25) is 0 Å². The number of methoxy groups -OCH3 is 1. The molecule has 0 aromatic heterocycles. The van der Waals surface area contributed by atoms with Crippen molar-refractivity contribution in [3.63, 3.8) is 0 Å². The minimum absolute atomic E-state index is 0.621. The summed E-state index contributed by atoms with van der Waals surface area (Å²) in [4.78, 5) is 2.43. The molecule has 1 saturated carbocycles. The van der Waals surface area contributed by atoms with Gasteiger partial charge in [0.05, 0.1) is 12.7 Å². The first-order chi connectivity index (χ1) is 9.63. The van der Waals surface area contributed by atoms with E-state index in [0.29, 0.717) is 17.4 Å². The van der Waals surface area contributed by atoms with E-state index in [1.807, 2.05) is 12.1 Å². The second kappa shape index (κ2) is 6.76. The lowest BCUT2D eigenvalue weighted by Crippen LogP contribution is -2.35. The maximum Gasteiger partial charge on any atom is 0.136 e. The van der Waals surface area contributed by atoms with Crippen LogP contribution in [0.25, 0.3) is 0 Å². The summed E-state index contributed by atoms with van der Waals surface area (Å²) < 4.78 is 5.19. The zero-order valence-electron chi connectivity index (χ0n) is 12.7. The lowest BCUT2D eigenvalue weighted by molar-refractivity contribution is 0.157. The highest BCUT2D eigenvalue weighted by atomic mass is 16.5. The van der Waals surface area contributed by atoms with Gasteiger partial charge in [-0.3, -0.25) is 4.90 Å². The molecule has 0 radical (unpaired) electrons. The highest BCUT2D eigenvalue weighted by Gasteiger charge is 2.22. The molecule has 1 aromatic rings. The van der Waals surface area contributed by atoms with Gasteiger partial charge in [-0.1, -0.05) is 25.8 Å². The van der Waals surface area contributed by atoms with Gasteiger partial charge in [0.1, 0.15) is 11.8 Å². The molecule has 3 heteroatoms. The van der Waals surface area contributed by atoms with Crippen LogP contribution in [0, 0.1) is 17.2 Å². The molecule has 0 aliphatic heterocycles. The van der Waals surface area contributed by atoms with Gasteiger partial charge in [0.25, 0.3) is 0 Å². The Bertz CT molecular complexity index is 492. The van der Waals surface area contributed by atoms with Crippen molar-refractivity contribution in [2.75, 3.05) is 14.2 Å². The first-order valence-electron chi connectivity index (χ1n) is 7.41. The summed E-state index contributed by atoms with van der Waals surface area (Å²) in [6.07, 6.45) is 5.29. The quantitative estimate of drug-likeness (QED) is 0.840. The van der Waals surface area contributed by atoms with E-state index in [-0.39, 0.29) is 0 Å². The largest absolute Gasteiger partial charge is 0.495 e. The number of hydrogen-bond donors (Lipinski definition) is 0. The van der Waals surface area contributed by atoms with Crippen molar-refractivity contribution in [2.45, 2.75) is 45.2 Å². The summed E-state index contributed by atoms with van der Waals surface area (Å²) >= 11 is 0. The lowest BCUT2D eigenvalue weighted by atomic mass is 9.86. The first kappa shape index (κ1) is 14.9. The molecule has 2 unspecified atom stereocenters. The van der Waals surface area contributed by atoms with Gasteiger partial charge in [-0.15, -0.1) is 0 Å². The molecule has 0 spiro atoms. The van der Waals surface area contributed by atoms with E-state index in [9.17, 15) is 0 Å². The van der Waals surface area contributed by atoms with Gasteiger partial charge >= 0.3 is 0 Å². The number of hydrogen-bond acceptors (Lipinski definition) is 3. The predicted octanol–water partition coefficient (Wildman–Crippen LogP) is 3.58. The van der Waals surface area contributed by atoms with Crippen LogP contribution in [-0.2, 0) is 6.54 Å². The van der Waals surface area contributed by atoms with Gasteiger partial charge in [0.15, 0.2) is 0 Å². The SMILES string of the molecule is COc1ccc(CN(C)C2CCCC(C)C2)cc1C#N. The Morgan fingerprint density at radius 3 is 2.85 bits per heavy atom. The Kier molecular flexibility index (Phi) is 5.03.